The molecule has 152 valence electrons. The van der Waals surface area contributed by atoms with Crippen molar-refractivity contribution in [3.63, 3.8) is 0 Å². The van der Waals surface area contributed by atoms with Gasteiger partial charge in [-0.1, -0.05) is 24.3 Å². The first-order valence-electron chi connectivity index (χ1n) is 9.74. The minimum absolute atomic E-state index is 0.125. The fraction of sp³-hybridized carbons (Fsp3) is 0.524. The summed E-state index contributed by atoms with van der Waals surface area (Å²) in [6.07, 6.45) is 7.70. The number of carboxylic acids is 2. The van der Waals surface area contributed by atoms with Gasteiger partial charge >= 0.3 is 11.9 Å². The van der Waals surface area contributed by atoms with Crippen molar-refractivity contribution in [2.45, 2.75) is 19.4 Å². The maximum absolute atomic E-state index is 13.3. The highest BCUT2D eigenvalue weighted by molar-refractivity contribution is 6.27. The van der Waals surface area contributed by atoms with E-state index in [0.29, 0.717) is 0 Å². The second-order valence-corrected chi connectivity index (χ2v) is 7.86. The van der Waals surface area contributed by atoms with E-state index in [-0.39, 0.29) is 5.82 Å². The van der Waals surface area contributed by atoms with Gasteiger partial charge in [0.1, 0.15) is 5.82 Å². The van der Waals surface area contributed by atoms with Gasteiger partial charge in [0.15, 0.2) is 0 Å². The second kappa shape index (κ2) is 9.30. The standard InChI is InChI=1S/C19H25FN2.C2H2O4/c20-19-3-1-2-16(12-19)13-21-6-8-22(9-7-21)14-18-11-15-4-5-17(18)10-15;3-1(4)2(5)6/h1-5,12,15,17-18H,6-11,13-14H2;(H,3,4)(H,5,6). The number of carboxylic acid groups (broad SMARTS) is 2. The zero-order valence-corrected chi connectivity index (χ0v) is 15.8. The normalized spacial score (nSPS) is 26.7. The topological polar surface area (TPSA) is 81.1 Å². The molecule has 3 atom stereocenters. The predicted molar refractivity (Wildman–Crippen MR) is 102 cm³/mol. The van der Waals surface area contributed by atoms with Gasteiger partial charge in [0, 0.05) is 39.3 Å². The van der Waals surface area contributed by atoms with Crippen molar-refractivity contribution >= 4 is 11.9 Å². The Hall–Kier alpha value is -2.25. The molecule has 4 rings (SSSR count). The molecule has 2 aliphatic carbocycles. The van der Waals surface area contributed by atoms with Gasteiger partial charge in [0.05, 0.1) is 0 Å². The lowest BCUT2D eigenvalue weighted by Gasteiger charge is -2.37. The summed E-state index contributed by atoms with van der Waals surface area (Å²) in [6.45, 7) is 6.68. The second-order valence-electron chi connectivity index (χ2n) is 7.86. The van der Waals surface area contributed by atoms with Gasteiger partial charge in [-0.3, -0.25) is 4.90 Å². The maximum atomic E-state index is 13.3. The maximum Gasteiger partial charge on any atom is 0.414 e. The highest BCUT2D eigenvalue weighted by atomic mass is 19.1. The van der Waals surface area contributed by atoms with Gasteiger partial charge in [-0.15, -0.1) is 0 Å². The molecule has 1 heterocycles. The van der Waals surface area contributed by atoms with Crippen LogP contribution in [0.3, 0.4) is 0 Å². The van der Waals surface area contributed by atoms with Gasteiger partial charge in [0.25, 0.3) is 0 Å². The molecule has 1 saturated carbocycles. The van der Waals surface area contributed by atoms with Gasteiger partial charge in [-0.05, 0) is 48.3 Å². The summed E-state index contributed by atoms with van der Waals surface area (Å²) in [5, 5.41) is 14.8. The van der Waals surface area contributed by atoms with Crippen molar-refractivity contribution in [1.82, 2.24) is 9.80 Å². The summed E-state index contributed by atoms with van der Waals surface area (Å²) in [6, 6.07) is 7.01. The Kier molecular flexibility index (Phi) is 6.80. The number of carbonyl (C=O) groups is 2. The van der Waals surface area contributed by atoms with Crippen molar-refractivity contribution in [1.29, 1.82) is 0 Å². The summed E-state index contributed by atoms with van der Waals surface area (Å²) in [5.74, 6) is -1.14. The molecule has 6 nitrogen and oxygen atoms in total. The summed E-state index contributed by atoms with van der Waals surface area (Å²) in [7, 11) is 0. The van der Waals surface area contributed by atoms with Crippen LogP contribution in [0.25, 0.3) is 0 Å². The molecule has 1 aliphatic heterocycles. The van der Waals surface area contributed by atoms with Crippen molar-refractivity contribution in [3.05, 3.63) is 47.8 Å². The summed E-state index contributed by atoms with van der Waals surface area (Å²) in [4.78, 5) is 23.3. The summed E-state index contributed by atoms with van der Waals surface area (Å²) >= 11 is 0. The molecule has 0 amide bonds. The van der Waals surface area contributed by atoms with E-state index in [2.05, 4.69) is 22.0 Å². The zero-order chi connectivity index (χ0) is 20.1. The van der Waals surface area contributed by atoms with E-state index in [9.17, 15) is 4.39 Å². The number of fused-ring (bicyclic) bond motifs is 2. The molecule has 1 saturated heterocycles. The quantitative estimate of drug-likeness (QED) is 0.607. The average Bonchev–Trinajstić information content (AvgIpc) is 3.27. The molecule has 2 N–H and O–H groups in total. The lowest BCUT2D eigenvalue weighted by Crippen LogP contribution is -2.47. The molecular weight excluding hydrogens is 363 g/mol. The van der Waals surface area contributed by atoms with Crippen LogP contribution in [0.5, 0.6) is 0 Å². The van der Waals surface area contributed by atoms with E-state index in [0.717, 1.165) is 56.0 Å². The molecule has 1 aromatic carbocycles. The largest absolute Gasteiger partial charge is 0.473 e. The van der Waals surface area contributed by atoms with Crippen molar-refractivity contribution in [2.75, 3.05) is 32.7 Å². The van der Waals surface area contributed by atoms with Crippen molar-refractivity contribution < 1.29 is 24.2 Å². The van der Waals surface area contributed by atoms with Crippen LogP contribution in [-0.2, 0) is 16.1 Å². The fourth-order valence-corrected chi connectivity index (χ4v) is 4.46. The number of piperazine rings is 1. The Balaban J connectivity index is 0.000000330. The number of benzene rings is 1. The zero-order valence-electron chi connectivity index (χ0n) is 15.8. The van der Waals surface area contributed by atoms with Crippen LogP contribution in [0.4, 0.5) is 4.39 Å². The van der Waals surface area contributed by atoms with Crippen LogP contribution in [0.15, 0.2) is 36.4 Å². The molecule has 0 radical (unpaired) electrons. The molecule has 2 bridgehead atoms. The molecule has 3 unspecified atom stereocenters. The molecule has 3 aliphatic rings. The van der Waals surface area contributed by atoms with Crippen LogP contribution >= 0.6 is 0 Å². The Bertz CT molecular complexity index is 719. The van der Waals surface area contributed by atoms with E-state index in [1.165, 1.54) is 25.5 Å². The number of hydrogen-bond acceptors (Lipinski definition) is 4. The number of aliphatic carboxylic acids is 2. The van der Waals surface area contributed by atoms with E-state index in [1.807, 2.05) is 12.1 Å². The molecule has 1 aromatic rings. The third-order valence-corrected chi connectivity index (χ3v) is 5.85. The van der Waals surface area contributed by atoms with E-state index >= 15 is 0 Å². The van der Waals surface area contributed by atoms with Crippen LogP contribution < -0.4 is 0 Å². The molecule has 7 heteroatoms. The molecule has 2 fully saturated rings. The molecule has 0 aromatic heterocycles. The van der Waals surface area contributed by atoms with Crippen LogP contribution in [-0.4, -0.2) is 64.7 Å². The van der Waals surface area contributed by atoms with Crippen molar-refractivity contribution in [3.8, 4) is 0 Å². The number of hydrogen-bond donors (Lipinski definition) is 2. The first-order valence-corrected chi connectivity index (χ1v) is 9.74. The van der Waals surface area contributed by atoms with Crippen molar-refractivity contribution in [2.24, 2.45) is 17.8 Å². The minimum atomic E-state index is -1.82. The highest BCUT2D eigenvalue weighted by Gasteiger charge is 2.36. The minimum Gasteiger partial charge on any atom is -0.473 e. The van der Waals surface area contributed by atoms with E-state index < -0.39 is 11.9 Å². The monoisotopic (exact) mass is 390 g/mol. The molecular formula is C21H27FN2O4. The van der Waals surface area contributed by atoms with Crippen LogP contribution in [0, 0.1) is 23.6 Å². The molecule has 28 heavy (non-hydrogen) atoms. The number of halogens is 1. The Morgan fingerprint density at radius 3 is 2.21 bits per heavy atom. The average molecular weight is 390 g/mol. The van der Waals surface area contributed by atoms with E-state index in [4.69, 9.17) is 19.8 Å². The third kappa shape index (κ3) is 5.62. The van der Waals surface area contributed by atoms with Gasteiger partial charge in [-0.2, -0.15) is 0 Å². The lowest BCUT2D eigenvalue weighted by atomic mass is 9.93. The third-order valence-electron chi connectivity index (χ3n) is 5.85. The van der Waals surface area contributed by atoms with Crippen LogP contribution in [0.1, 0.15) is 18.4 Å². The number of rotatable bonds is 4. The first kappa shape index (κ1) is 20.5. The highest BCUT2D eigenvalue weighted by Crippen LogP contribution is 2.43. The smallest absolute Gasteiger partial charge is 0.414 e. The summed E-state index contributed by atoms with van der Waals surface area (Å²) in [5.41, 5.74) is 1.09. The lowest BCUT2D eigenvalue weighted by molar-refractivity contribution is -0.159. The predicted octanol–water partition coefficient (Wildman–Crippen LogP) is 2.31. The van der Waals surface area contributed by atoms with Gasteiger partial charge in [-0.25, -0.2) is 14.0 Å². The number of allylic oxidation sites excluding steroid dienone is 2. The van der Waals surface area contributed by atoms with Gasteiger partial charge < -0.3 is 15.1 Å². The summed E-state index contributed by atoms with van der Waals surface area (Å²) < 4.78 is 13.3. The van der Waals surface area contributed by atoms with Crippen LogP contribution in [0.2, 0.25) is 0 Å². The Morgan fingerprint density at radius 2 is 1.68 bits per heavy atom. The van der Waals surface area contributed by atoms with E-state index in [1.54, 1.807) is 6.07 Å². The Morgan fingerprint density at radius 1 is 1.00 bits per heavy atom. The first-order chi connectivity index (χ1) is 13.4. The Labute approximate surface area is 164 Å². The van der Waals surface area contributed by atoms with Gasteiger partial charge in [0.2, 0.25) is 0 Å². The number of nitrogens with zero attached hydrogens (tertiary/aromatic N) is 2. The SMILES string of the molecule is Fc1cccc(CN2CCN(CC3CC4C=CC3C4)CC2)c1.O=C(O)C(=O)O. The molecule has 0 spiro atoms. The fourth-order valence-electron chi connectivity index (χ4n) is 4.46.